The Balaban J connectivity index is 1.43. The standard InChI is InChI=1S/C30H52O/c1-20(2)10-8-11-21(3)22-14-17-29(7)23-12-13-25-27(4,5)15-9-16-28(25,6)26(23)24-18-30(22,29)19-31-24/h20-26H,8-19H2,1-7H3/t21-,22-,23-,24+,25+,26-,28+,29+,30+/m1/s1. The molecular formula is C30H52O. The zero-order valence-corrected chi connectivity index (χ0v) is 21.9. The number of hydrogen-bond donors (Lipinski definition) is 0. The molecule has 0 radical (unpaired) electrons. The Bertz CT molecular complexity index is 680. The third-order valence-electron chi connectivity index (χ3n) is 12.5. The molecule has 1 nitrogen and oxygen atoms in total. The van der Waals surface area contributed by atoms with Gasteiger partial charge in [-0.05, 0) is 96.7 Å². The molecule has 31 heavy (non-hydrogen) atoms. The first-order valence-corrected chi connectivity index (χ1v) is 14.2. The van der Waals surface area contributed by atoms with E-state index in [4.69, 9.17) is 4.74 Å². The number of ether oxygens (including phenoxy) is 1. The smallest absolute Gasteiger partial charge is 0.0618 e. The van der Waals surface area contributed by atoms with E-state index in [1.807, 2.05) is 0 Å². The summed E-state index contributed by atoms with van der Waals surface area (Å²) in [4.78, 5) is 0. The van der Waals surface area contributed by atoms with Crippen molar-refractivity contribution in [3.8, 4) is 0 Å². The average Bonchev–Trinajstić information content (AvgIpc) is 3.21. The van der Waals surface area contributed by atoms with Gasteiger partial charge in [-0.3, -0.25) is 0 Å². The van der Waals surface area contributed by atoms with Crippen LogP contribution in [0.4, 0.5) is 0 Å². The highest BCUT2D eigenvalue weighted by molar-refractivity contribution is 5.21. The molecule has 0 N–H and O–H groups in total. The summed E-state index contributed by atoms with van der Waals surface area (Å²) in [6.07, 6.45) is 16.5. The zero-order chi connectivity index (χ0) is 22.2. The number of fused-ring (bicyclic) bond motifs is 6. The fourth-order valence-electron chi connectivity index (χ4n) is 11.1. The highest BCUT2D eigenvalue weighted by atomic mass is 16.5. The van der Waals surface area contributed by atoms with E-state index in [9.17, 15) is 0 Å². The Morgan fingerprint density at radius 2 is 1.68 bits per heavy atom. The topological polar surface area (TPSA) is 9.23 Å². The molecule has 5 rings (SSSR count). The van der Waals surface area contributed by atoms with Crippen LogP contribution in [-0.2, 0) is 4.74 Å². The summed E-state index contributed by atoms with van der Waals surface area (Å²) in [5.74, 6) is 5.27. The highest BCUT2D eigenvalue weighted by Crippen LogP contribution is 2.77. The van der Waals surface area contributed by atoms with Crippen LogP contribution in [0, 0.1) is 57.2 Å². The van der Waals surface area contributed by atoms with Crippen molar-refractivity contribution in [2.45, 2.75) is 125 Å². The van der Waals surface area contributed by atoms with E-state index < -0.39 is 0 Å². The van der Waals surface area contributed by atoms with E-state index in [0.29, 0.717) is 27.8 Å². The van der Waals surface area contributed by atoms with E-state index in [0.717, 1.165) is 42.1 Å². The van der Waals surface area contributed by atoms with Crippen LogP contribution in [0.25, 0.3) is 0 Å². The van der Waals surface area contributed by atoms with Crippen LogP contribution < -0.4 is 0 Å². The summed E-state index contributed by atoms with van der Waals surface area (Å²) in [5.41, 5.74) is 2.05. The molecule has 1 heterocycles. The third kappa shape index (κ3) is 3.10. The SMILES string of the molecule is CC(C)CCC[C@@H](C)[C@H]1CC[C@@]2(C)[C@@H]3CC[C@H]4C(C)(C)CCC[C@]4(C)[C@H]3[C@@H]3C[C@]12CO3. The summed E-state index contributed by atoms with van der Waals surface area (Å²) < 4.78 is 6.92. The van der Waals surface area contributed by atoms with Crippen LogP contribution in [0.15, 0.2) is 0 Å². The van der Waals surface area contributed by atoms with Gasteiger partial charge in [0.2, 0.25) is 0 Å². The lowest BCUT2D eigenvalue weighted by Gasteiger charge is -2.66. The molecule has 2 bridgehead atoms. The summed E-state index contributed by atoms with van der Waals surface area (Å²) >= 11 is 0. The Hall–Kier alpha value is -0.0400. The molecule has 0 unspecified atom stereocenters. The second-order valence-electron chi connectivity index (χ2n) is 14.7. The molecule has 1 spiro atoms. The molecule has 1 saturated heterocycles. The average molecular weight is 429 g/mol. The van der Waals surface area contributed by atoms with Crippen LogP contribution in [0.1, 0.15) is 119 Å². The first-order valence-electron chi connectivity index (χ1n) is 14.2. The van der Waals surface area contributed by atoms with Gasteiger partial charge in [0.15, 0.2) is 0 Å². The second kappa shape index (κ2) is 7.48. The van der Waals surface area contributed by atoms with E-state index in [1.165, 1.54) is 70.6 Å². The van der Waals surface area contributed by atoms with Gasteiger partial charge in [0.25, 0.3) is 0 Å². The lowest BCUT2D eigenvalue weighted by Crippen LogP contribution is -2.62. The van der Waals surface area contributed by atoms with Crippen LogP contribution >= 0.6 is 0 Å². The molecule has 5 aliphatic rings. The predicted octanol–water partition coefficient (Wildman–Crippen LogP) is 8.51. The molecule has 0 amide bonds. The number of rotatable bonds is 5. The molecule has 9 atom stereocenters. The third-order valence-corrected chi connectivity index (χ3v) is 12.5. The van der Waals surface area contributed by atoms with Gasteiger partial charge in [-0.2, -0.15) is 0 Å². The van der Waals surface area contributed by atoms with Gasteiger partial charge in [-0.1, -0.05) is 74.1 Å². The Labute approximate surface area is 193 Å². The van der Waals surface area contributed by atoms with E-state index in [-0.39, 0.29) is 0 Å². The molecule has 1 heteroatoms. The Morgan fingerprint density at radius 1 is 0.903 bits per heavy atom. The lowest BCUT2D eigenvalue weighted by molar-refractivity contribution is -0.182. The van der Waals surface area contributed by atoms with E-state index >= 15 is 0 Å². The molecule has 1 aliphatic heterocycles. The minimum absolute atomic E-state index is 0.490. The van der Waals surface area contributed by atoms with Gasteiger partial charge in [0, 0.05) is 5.41 Å². The van der Waals surface area contributed by atoms with Crippen molar-refractivity contribution in [3.05, 3.63) is 0 Å². The maximum absolute atomic E-state index is 6.92. The van der Waals surface area contributed by atoms with Gasteiger partial charge < -0.3 is 4.74 Å². The quantitative estimate of drug-likeness (QED) is 0.426. The molecular weight excluding hydrogens is 376 g/mol. The minimum atomic E-state index is 0.490. The second-order valence-corrected chi connectivity index (χ2v) is 14.7. The van der Waals surface area contributed by atoms with Gasteiger partial charge in [0.05, 0.1) is 12.7 Å². The summed E-state index contributed by atoms with van der Waals surface area (Å²) in [7, 11) is 0. The molecule has 0 aromatic heterocycles. The molecule has 0 aromatic carbocycles. The molecule has 0 aromatic rings. The van der Waals surface area contributed by atoms with Crippen molar-refractivity contribution in [1.29, 1.82) is 0 Å². The largest absolute Gasteiger partial charge is 0.377 e. The van der Waals surface area contributed by atoms with Crippen LogP contribution in [0.3, 0.4) is 0 Å². The van der Waals surface area contributed by atoms with Crippen LogP contribution in [0.2, 0.25) is 0 Å². The maximum Gasteiger partial charge on any atom is 0.0618 e. The minimum Gasteiger partial charge on any atom is -0.377 e. The van der Waals surface area contributed by atoms with Crippen LogP contribution in [0.5, 0.6) is 0 Å². The molecule has 178 valence electrons. The highest BCUT2D eigenvalue weighted by Gasteiger charge is 2.73. The molecule has 4 saturated carbocycles. The fraction of sp³-hybridized carbons (Fsp3) is 1.00. The first-order chi connectivity index (χ1) is 14.6. The Morgan fingerprint density at radius 3 is 2.42 bits per heavy atom. The van der Waals surface area contributed by atoms with Crippen molar-refractivity contribution < 1.29 is 4.74 Å². The van der Waals surface area contributed by atoms with E-state index in [1.54, 1.807) is 0 Å². The molecule has 4 aliphatic carbocycles. The molecule has 5 fully saturated rings. The van der Waals surface area contributed by atoms with Crippen molar-refractivity contribution in [3.63, 3.8) is 0 Å². The maximum atomic E-state index is 6.92. The van der Waals surface area contributed by atoms with Crippen molar-refractivity contribution >= 4 is 0 Å². The van der Waals surface area contributed by atoms with Gasteiger partial charge >= 0.3 is 0 Å². The van der Waals surface area contributed by atoms with Gasteiger partial charge in [-0.15, -0.1) is 0 Å². The zero-order valence-electron chi connectivity index (χ0n) is 21.9. The van der Waals surface area contributed by atoms with E-state index in [2.05, 4.69) is 48.5 Å². The van der Waals surface area contributed by atoms with Crippen molar-refractivity contribution in [1.82, 2.24) is 0 Å². The summed E-state index contributed by atoms with van der Waals surface area (Å²) in [5, 5.41) is 0. The summed E-state index contributed by atoms with van der Waals surface area (Å²) in [6.45, 7) is 19.1. The number of hydrogen-bond acceptors (Lipinski definition) is 1. The van der Waals surface area contributed by atoms with Crippen molar-refractivity contribution in [2.24, 2.45) is 57.2 Å². The summed E-state index contributed by atoms with van der Waals surface area (Å²) in [6, 6.07) is 0. The predicted molar refractivity (Wildman–Crippen MR) is 131 cm³/mol. The normalized spacial score (nSPS) is 51.3. The van der Waals surface area contributed by atoms with Crippen molar-refractivity contribution in [2.75, 3.05) is 6.61 Å². The monoisotopic (exact) mass is 428 g/mol. The Kier molecular flexibility index (Phi) is 5.49. The fourth-order valence-corrected chi connectivity index (χ4v) is 11.1. The van der Waals surface area contributed by atoms with Crippen LogP contribution in [-0.4, -0.2) is 12.7 Å². The van der Waals surface area contributed by atoms with Gasteiger partial charge in [-0.25, -0.2) is 0 Å². The van der Waals surface area contributed by atoms with Gasteiger partial charge in [0.1, 0.15) is 0 Å². The first kappa shape index (κ1) is 22.7. The lowest BCUT2D eigenvalue weighted by atomic mass is 9.38.